The molecule has 1 atom stereocenters. The molecule has 1 unspecified atom stereocenters. The van der Waals surface area contributed by atoms with Gasteiger partial charge in [0.05, 0.1) is 40.1 Å². The Morgan fingerprint density at radius 2 is 1.75 bits per heavy atom. The van der Waals surface area contributed by atoms with Crippen LogP contribution in [0.2, 0.25) is 0 Å². The second-order valence-electron chi connectivity index (χ2n) is 8.23. The fourth-order valence-electron chi connectivity index (χ4n) is 4.20. The van der Waals surface area contributed by atoms with Gasteiger partial charge in [-0.25, -0.2) is 0 Å². The van der Waals surface area contributed by atoms with Crippen molar-refractivity contribution in [1.82, 2.24) is 4.90 Å². The van der Waals surface area contributed by atoms with E-state index in [0.29, 0.717) is 33.8 Å². The number of halogens is 3. The van der Waals surface area contributed by atoms with Gasteiger partial charge >= 0.3 is 6.18 Å². The van der Waals surface area contributed by atoms with Gasteiger partial charge in [-0.2, -0.15) is 13.2 Å². The molecule has 180 valence electrons. The van der Waals surface area contributed by atoms with Crippen LogP contribution in [-0.4, -0.2) is 27.7 Å². The molecule has 36 heavy (non-hydrogen) atoms. The summed E-state index contributed by atoms with van der Waals surface area (Å²) in [5.41, 5.74) is 2.57. The first-order valence-electron chi connectivity index (χ1n) is 10.9. The van der Waals surface area contributed by atoms with Crippen molar-refractivity contribution in [3.63, 3.8) is 0 Å². The monoisotopic (exact) mass is 490 g/mol. The zero-order valence-corrected chi connectivity index (χ0v) is 18.5. The molecule has 3 aliphatic rings. The van der Waals surface area contributed by atoms with Gasteiger partial charge in [0, 0.05) is 30.1 Å². The third kappa shape index (κ3) is 4.28. The average molecular weight is 490 g/mol. The summed E-state index contributed by atoms with van der Waals surface area (Å²) >= 11 is 0. The number of non-ortho nitro benzene ring substituents is 1. The lowest BCUT2D eigenvalue weighted by Gasteiger charge is -2.22. The molecular weight excluding hydrogens is 473 g/mol. The molecule has 0 bridgehead atoms. The SMILES string of the molecule is O=C1C(c2ccc(C(F)(F)F)cc2)C=C(C2=NC=CC2=C2C=CC=N2)N1Cc1ccc([N+](=O)[O-])cc1. The van der Waals surface area contributed by atoms with Crippen molar-refractivity contribution in [2.45, 2.75) is 18.6 Å². The van der Waals surface area contributed by atoms with Crippen LogP contribution in [0.4, 0.5) is 18.9 Å². The fourth-order valence-corrected chi connectivity index (χ4v) is 4.20. The maximum absolute atomic E-state index is 13.6. The Morgan fingerprint density at radius 1 is 1.03 bits per heavy atom. The molecule has 0 N–H and O–H groups in total. The molecule has 5 rings (SSSR count). The van der Waals surface area contributed by atoms with Crippen LogP contribution in [0.5, 0.6) is 0 Å². The summed E-state index contributed by atoms with van der Waals surface area (Å²) in [5, 5.41) is 11.0. The molecule has 3 heterocycles. The van der Waals surface area contributed by atoms with Crippen LogP contribution in [0.3, 0.4) is 0 Å². The third-order valence-electron chi connectivity index (χ3n) is 6.00. The highest BCUT2D eigenvalue weighted by Crippen LogP contribution is 2.37. The Morgan fingerprint density at radius 3 is 2.36 bits per heavy atom. The van der Waals surface area contributed by atoms with Gasteiger partial charge in [-0.3, -0.25) is 24.9 Å². The van der Waals surface area contributed by atoms with Crippen LogP contribution < -0.4 is 0 Å². The third-order valence-corrected chi connectivity index (χ3v) is 6.00. The lowest BCUT2D eigenvalue weighted by Crippen LogP contribution is -2.30. The number of nitro groups is 1. The van der Waals surface area contributed by atoms with Crippen LogP contribution in [-0.2, 0) is 17.5 Å². The van der Waals surface area contributed by atoms with Crippen LogP contribution in [0.1, 0.15) is 22.6 Å². The van der Waals surface area contributed by atoms with Crippen molar-refractivity contribution in [3.8, 4) is 0 Å². The number of carbonyl (C=O) groups excluding carboxylic acids is 1. The first kappa shape index (κ1) is 23.2. The number of nitro benzene ring substituents is 1. The van der Waals surface area contributed by atoms with Crippen molar-refractivity contribution >= 4 is 23.5 Å². The first-order valence-corrected chi connectivity index (χ1v) is 10.9. The summed E-state index contributed by atoms with van der Waals surface area (Å²) in [6.07, 6.45) is 5.80. The van der Waals surface area contributed by atoms with Gasteiger partial charge in [-0.1, -0.05) is 24.3 Å². The molecule has 2 aromatic rings. The highest BCUT2D eigenvalue weighted by Gasteiger charge is 2.38. The minimum absolute atomic E-state index is 0.0767. The number of rotatable bonds is 5. The summed E-state index contributed by atoms with van der Waals surface area (Å²) in [7, 11) is 0. The summed E-state index contributed by atoms with van der Waals surface area (Å²) in [6.45, 7) is 0.0978. The molecule has 2 aromatic carbocycles. The largest absolute Gasteiger partial charge is 0.416 e. The van der Waals surface area contributed by atoms with Gasteiger partial charge < -0.3 is 4.90 Å². The Hall–Kier alpha value is -4.60. The quantitative estimate of drug-likeness (QED) is 0.410. The summed E-state index contributed by atoms with van der Waals surface area (Å²) in [5.74, 6) is -1.16. The highest BCUT2D eigenvalue weighted by atomic mass is 19.4. The molecular formula is C26H17F3N4O3. The molecule has 0 spiro atoms. The van der Waals surface area contributed by atoms with Gasteiger partial charge in [-0.15, -0.1) is 0 Å². The number of carbonyl (C=O) groups is 1. The number of aliphatic imine (C=N–C) groups is 2. The molecule has 0 aromatic heterocycles. The van der Waals surface area contributed by atoms with E-state index in [1.807, 2.05) is 6.08 Å². The van der Waals surface area contributed by atoms with Crippen molar-refractivity contribution < 1.29 is 22.9 Å². The molecule has 0 saturated carbocycles. The molecule has 0 radical (unpaired) electrons. The van der Waals surface area contributed by atoms with Gasteiger partial charge in [0.15, 0.2) is 0 Å². The molecule has 0 saturated heterocycles. The van der Waals surface area contributed by atoms with Gasteiger partial charge in [0.2, 0.25) is 5.91 Å². The van der Waals surface area contributed by atoms with Crippen molar-refractivity contribution in [1.29, 1.82) is 0 Å². The number of benzene rings is 2. The number of hydrogen-bond acceptors (Lipinski definition) is 5. The predicted molar refractivity (Wildman–Crippen MR) is 127 cm³/mol. The Balaban J connectivity index is 1.52. The molecule has 0 aliphatic carbocycles. The summed E-state index contributed by atoms with van der Waals surface area (Å²) < 4.78 is 39.1. The van der Waals surface area contributed by atoms with Crippen LogP contribution in [0, 0.1) is 10.1 Å². The van der Waals surface area contributed by atoms with Gasteiger partial charge in [0.25, 0.3) is 5.69 Å². The van der Waals surface area contributed by atoms with Crippen molar-refractivity contribution in [2.24, 2.45) is 9.98 Å². The second kappa shape index (κ2) is 8.88. The van der Waals surface area contributed by atoms with E-state index in [1.165, 1.54) is 29.2 Å². The maximum Gasteiger partial charge on any atom is 0.416 e. The second-order valence-corrected chi connectivity index (χ2v) is 8.23. The minimum Gasteiger partial charge on any atom is -0.305 e. The Labute approximate surface area is 203 Å². The van der Waals surface area contributed by atoms with E-state index in [4.69, 9.17) is 0 Å². The summed E-state index contributed by atoms with van der Waals surface area (Å²) in [4.78, 5) is 34.3. The van der Waals surface area contributed by atoms with Crippen molar-refractivity contribution in [2.75, 3.05) is 0 Å². The number of alkyl halides is 3. The first-order chi connectivity index (χ1) is 17.2. The number of allylic oxidation sites excluding steroid dienone is 4. The van der Waals surface area contributed by atoms with Crippen molar-refractivity contribution in [3.05, 3.63) is 123 Å². The molecule has 1 amide bonds. The summed E-state index contributed by atoms with van der Waals surface area (Å²) in [6, 6.07) is 10.3. The van der Waals surface area contributed by atoms with E-state index in [2.05, 4.69) is 9.98 Å². The normalized spacial score (nSPS) is 20.9. The zero-order valence-electron chi connectivity index (χ0n) is 18.5. The van der Waals surface area contributed by atoms with Gasteiger partial charge in [0.1, 0.15) is 0 Å². The molecule has 7 nitrogen and oxygen atoms in total. The lowest BCUT2D eigenvalue weighted by molar-refractivity contribution is -0.384. The Bertz CT molecular complexity index is 1420. The van der Waals surface area contributed by atoms with E-state index < -0.39 is 22.6 Å². The molecule has 3 aliphatic heterocycles. The number of hydrogen-bond donors (Lipinski definition) is 0. The smallest absolute Gasteiger partial charge is 0.305 e. The van der Waals surface area contributed by atoms with E-state index in [1.54, 1.807) is 42.8 Å². The van der Waals surface area contributed by atoms with Gasteiger partial charge in [-0.05, 0) is 47.6 Å². The zero-order chi connectivity index (χ0) is 25.4. The maximum atomic E-state index is 13.6. The molecule has 0 fully saturated rings. The van der Waals surface area contributed by atoms with E-state index in [9.17, 15) is 28.1 Å². The van der Waals surface area contributed by atoms with Crippen LogP contribution in [0.15, 0.2) is 106 Å². The van der Waals surface area contributed by atoms with E-state index in [0.717, 1.165) is 12.1 Å². The number of amides is 1. The number of nitrogens with zero attached hydrogens (tertiary/aromatic N) is 4. The minimum atomic E-state index is -4.48. The van der Waals surface area contributed by atoms with E-state index >= 15 is 0 Å². The van der Waals surface area contributed by atoms with Crippen LogP contribution >= 0.6 is 0 Å². The molecule has 10 heteroatoms. The Kier molecular flexibility index (Phi) is 5.71. The lowest BCUT2D eigenvalue weighted by atomic mass is 9.97. The standard InChI is InChI=1S/C26H17F3N4O3/c27-26(28,29)18-7-5-17(6-8-18)21-14-23(24-20(11-13-31-24)22-2-1-12-30-22)32(25(21)34)15-16-3-9-19(10-4-16)33(35)36/h1-14,21H,15H2. The van der Waals surface area contributed by atoms with Crippen LogP contribution in [0.25, 0.3) is 0 Å². The fraction of sp³-hybridized carbons (Fsp3) is 0.115. The highest BCUT2D eigenvalue weighted by molar-refractivity contribution is 6.19. The topological polar surface area (TPSA) is 88.2 Å². The average Bonchev–Trinajstić information content (AvgIpc) is 3.60. The van der Waals surface area contributed by atoms with E-state index in [-0.39, 0.29) is 18.1 Å². The predicted octanol–water partition coefficient (Wildman–Crippen LogP) is 5.49.